The Labute approximate surface area is 184 Å². The van der Waals surface area contributed by atoms with Gasteiger partial charge in [0, 0.05) is 18.7 Å². The molecule has 1 unspecified atom stereocenters. The predicted molar refractivity (Wildman–Crippen MR) is 115 cm³/mol. The first kappa shape index (κ1) is 21.5. The van der Waals surface area contributed by atoms with Gasteiger partial charge in [-0.05, 0) is 41.3 Å². The van der Waals surface area contributed by atoms with Crippen LogP contribution in [0, 0.1) is 0 Å². The lowest BCUT2D eigenvalue weighted by Crippen LogP contribution is -2.39. The Hall–Kier alpha value is -3.74. The minimum Gasteiger partial charge on any atom is -0.435 e. The van der Waals surface area contributed by atoms with Gasteiger partial charge >= 0.3 is 6.61 Å². The number of carbonyl (C=O) groups is 2. The van der Waals surface area contributed by atoms with Crippen LogP contribution in [0.15, 0.2) is 78.9 Å². The summed E-state index contributed by atoms with van der Waals surface area (Å²) in [5.74, 6) is -0.474. The zero-order valence-electron chi connectivity index (χ0n) is 17.2. The molecule has 3 aromatic rings. The van der Waals surface area contributed by atoms with E-state index in [1.165, 1.54) is 12.1 Å². The second kappa shape index (κ2) is 9.60. The van der Waals surface area contributed by atoms with Crippen molar-refractivity contribution in [1.29, 1.82) is 0 Å². The van der Waals surface area contributed by atoms with Crippen molar-refractivity contribution in [1.82, 2.24) is 10.2 Å². The summed E-state index contributed by atoms with van der Waals surface area (Å²) in [6.07, 6.45) is 0.622. The molecule has 0 fully saturated rings. The smallest absolute Gasteiger partial charge is 0.387 e. The molecule has 0 spiro atoms. The number of ether oxygens (including phenoxy) is 1. The molecule has 0 aromatic heterocycles. The minimum atomic E-state index is -2.92. The van der Waals surface area contributed by atoms with Crippen LogP contribution in [-0.4, -0.2) is 29.9 Å². The highest BCUT2D eigenvalue weighted by Crippen LogP contribution is 2.34. The molecule has 3 aromatic carbocycles. The fourth-order valence-electron chi connectivity index (χ4n) is 3.90. The van der Waals surface area contributed by atoms with E-state index in [4.69, 9.17) is 0 Å². The summed E-state index contributed by atoms with van der Waals surface area (Å²) in [6, 6.07) is 22.3. The molecule has 5 nitrogen and oxygen atoms in total. The molecule has 0 radical (unpaired) electrons. The molecule has 1 heterocycles. The molecular weight excluding hydrogens is 414 g/mol. The zero-order valence-corrected chi connectivity index (χ0v) is 17.2. The molecular formula is C25H22F2N2O3. The summed E-state index contributed by atoms with van der Waals surface area (Å²) in [5, 5.41) is 2.84. The lowest BCUT2D eigenvalue weighted by atomic mass is 10.0. The quantitative estimate of drug-likeness (QED) is 0.571. The summed E-state index contributed by atoms with van der Waals surface area (Å²) in [7, 11) is 0. The summed E-state index contributed by atoms with van der Waals surface area (Å²) in [5.41, 5.74) is 2.88. The average Bonchev–Trinajstić information content (AvgIpc) is 3.08. The van der Waals surface area contributed by atoms with Crippen LogP contribution >= 0.6 is 0 Å². The van der Waals surface area contributed by atoms with E-state index >= 15 is 0 Å². The van der Waals surface area contributed by atoms with Gasteiger partial charge in [0.15, 0.2) is 0 Å². The van der Waals surface area contributed by atoms with Crippen LogP contribution in [0.4, 0.5) is 8.78 Å². The van der Waals surface area contributed by atoms with Crippen molar-refractivity contribution >= 4 is 11.8 Å². The van der Waals surface area contributed by atoms with Gasteiger partial charge in [0.05, 0.1) is 0 Å². The molecule has 0 saturated heterocycles. The Morgan fingerprint density at radius 3 is 2.47 bits per heavy atom. The molecule has 1 aliphatic rings. The summed E-state index contributed by atoms with van der Waals surface area (Å²) < 4.78 is 29.3. The summed E-state index contributed by atoms with van der Waals surface area (Å²) >= 11 is 0. The van der Waals surface area contributed by atoms with Crippen molar-refractivity contribution in [3.05, 3.63) is 101 Å². The monoisotopic (exact) mass is 436 g/mol. The van der Waals surface area contributed by atoms with E-state index < -0.39 is 12.7 Å². The number of halogens is 2. The second-order valence-electron chi connectivity index (χ2n) is 7.47. The zero-order chi connectivity index (χ0) is 22.5. The Kier molecular flexibility index (Phi) is 6.44. The van der Waals surface area contributed by atoms with Gasteiger partial charge in [0.2, 0.25) is 5.91 Å². The van der Waals surface area contributed by atoms with Crippen LogP contribution in [0.25, 0.3) is 0 Å². The summed E-state index contributed by atoms with van der Waals surface area (Å²) in [4.78, 5) is 27.8. The predicted octanol–water partition coefficient (Wildman–Crippen LogP) is 4.34. The van der Waals surface area contributed by atoms with Crippen LogP contribution in [0.2, 0.25) is 0 Å². The Bertz CT molecular complexity index is 1110. The molecule has 1 aliphatic heterocycles. The van der Waals surface area contributed by atoms with E-state index in [1.807, 2.05) is 30.3 Å². The fourth-order valence-corrected chi connectivity index (χ4v) is 3.90. The number of amides is 2. The van der Waals surface area contributed by atoms with Crippen LogP contribution in [-0.2, 0) is 17.8 Å². The first-order valence-electron chi connectivity index (χ1n) is 10.3. The molecule has 0 bridgehead atoms. The number of hydrogen-bond acceptors (Lipinski definition) is 3. The van der Waals surface area contributed by atoms with Crippen molar-refractivity contribution < 1.29 is 23.1 Å². The van der Waals surface area contributed by atoms with Crippen LogP contribution in [0.3, 0.4) is 0 Å². The standard InChI is InChI=1S/C25H22F2N2O3/c26-25(27)32-19-10-6-9-18(15-19)16-28-23(30)22-20-11-4-5-12-21(20)24(31)29(22)14-13-17-7-2-1-3-8-17/h1-12,15,22,25H,13-14,16H2,(H,28,30). The number of fused-ring (bicyclic) bond motifs is 1. The first-order chi connectivity index (χ1) is 15.5. The van der Waals surface area contributed by atoms with Gasteiger partial charge < -0.3 is 15.0 Å². The van der Waals surface area contributed by atoms with Crippen molar-refractivity contribution in [2.24, 2.45) is 0 Å². The van der Waals surface area contributed by atoms with Crippen LogP contribution in [0.1, 0.15) is 33.1 Å². The number of benzene rings is 3. The van der Waals surface area contributed by atoms with Gasteiger partial charge in [-0.15, -0.1) is 0 Å². The molecule has 1 N–H and O–H groups in total. The van der Waals surface area contributed by atoms with Crippen molar-refractivity contribution in [2.75, 3.05) is 6.54 Å². The average molecular weight is 436 g/mol. The van der Waals surface area contributed by atoms with E-state index in [2.05, 4.69) is 10.1 Å². The Morgan fingerprint density at radius 1 is 0.969 bits per heavy atom. The third-order valence-electron chi connectivity index (χ3n) is 5.38. The maximum atomic E-state index is 13.2. The maximum Gasteiger partial charge on any atom is 0.387 e. The van der Waals surface area contributed by atoms with Gasteiger partial charge in [-0.1, -0.05) is 60.7 Å². The molecule has 0 aliphatic carbocycles. The van der Waals surface area contributed by atoms with E-state index in [0.717, 1.165) is 5.56 Å². The van der Waals surface area contributed by atoms with Crippen molar-refractivity contribution in [3.63, 3.8) is 0 Å². The highest BCUT2D eigenvalue weighted by atomic mass is 19.3. The topological polar surface area (TPSA) is 58.6 Å². The molecule has 0 saturated carbocycles. The molecule has 164 valence electrons. The molecule has 1 atom stereocenters. The molecule has 7 heteroatoms. The van der Waals surface area contributed by atoms with E-state index in [-0.39, 0.29) is 24.1 Å². The molecule has 4 rings (SSSR count). The first-order valence-corrected chi connectivity index (χ1v) is 10.3. The highest BCUT2D eigenvalue weighted by Gasteiger charge is 2.40. The number of nitrogens with one attached hydrogen (secondary N) is 1. The van der Waals surface area contributed by atoms with E-state index in [1.54, 1.807) is 41.3 Å². The van der Waals surface area contributed by atoms with Crippen molar-refractivity contribution in [3.8, 4) is 5.75 Å². The van der Waals surface area contributed by atoms with Crippen LogP contribution < -0.4 is 10.1 Å². The maximum absolute atomic E-state index is 13.2. The second-order valence-corrected chi connectivity index (χ2v) is 7.47. The summed E-state index contributed by atoms with van der Waals surface area (Å²) in [6.45, 7) is -2.40. The van der Waals surface area contributed by atoms with E-state index in [0.29, 0.717) is 29.7 Å². The SMILES string of the molecule is O=C(NCc1cccc(OC(F)F)c1)C1c2ccccc2C(=O)N1CCc1ccccc1. The normalized spacial score (nSPS) is 15.0. The highest BCUT2D eigenvalue weighted by molar-refractivity contribution is 6.04. The van der Waals surface area contributed by atoms with Gasteiger partial charge in [0.25, 0.3) is 5.91 Å². The van der Waals surface area contributed by atoms with Gasteiger partial charge in [0.1, 0.15) is 11.8 Å². The Balaban J connectivity index is 1.49. The molecule has 32 heavy (non-hydrogen) atoms. The van der Waals surface area contributed by atoms with Gasteiger partial charge in [-0.2, -0.15) is 8.78 Å². The lowest BCUT2D eigenvalue weighted by molar-refractivity contribution is -0.125. The van der Waals surface area contributed by atoms with Crippen LogP contribution in [0.5, 0.6) is 5.75 Å². The Morgan fingerprint density at radius 2 is 1.69 bits per heavy atom. The largest absolute Gasteiger partial charge is 0.435 e. The van der Waals surface area contributed by atoms with Gasteiger partial charge in [-0.25, -0.2) is 0 Å². The molecule has 2 amide bonds. The minimum absolute atomic E-state index is 0.0256. The number of nitrogens with zero attached hydrogens (tertiary/aromatic N) is 1. The third-order valence-corrected chi connectivity index (χ3v) is 5.38. The van der Waals surface area contributed by atoms with Crippen molar-refractivity contribution in [2.45, 2.75) is 25.6 Å². The number of carbonyl (C=O) groups excluding carboxylic acids is 2. The fraction of sp³-hybridized carbons (Fsp3) is 0.200. The number of rotatable bonds is 8. The van der Waals surface area contributed by atoms with Gasteiger partial charge in [-0.3, -0.25) is 9.59 Å². The third kappa shape index (κ3) is 4.77. The number of hydrogen-bond donors (Lipinski definition) is 1. The van der Waals surface area contributed by atoms with E-state index in [9.17, 15) is 18.4 Å². The number of alkyl halides is 2. The lowest BCUT2D eigenvalue weighted by Gasteiger charge is -2.25.